The van der Waals surface area contributed by atoms with E-state index in [2.05, 4.69) is 47.4 Å². The van der Waals surface area contributed by atoms with Gasteiger partial charge in [-0.25, -0.2) is 0 Å². The zero-order valence-electron chi connectivity index (χ0n) is 15.6. The molecule has 0 aliphatic carbocycles. The van der Waals surface area contributed by atoms with E-state index in [1.807, 2.05) is 18.4 Å². The molecule has 4 saturated heterocycles. The van der Waals surface area contributed by atoms with Gasteiger partial charge in [-0.1, -0.05) is 6.07 Å². The molecule has 0 aromatic carbocycles. The summed E-state index contributed by atoms with van der Waals surface area (Å²) in [5.74, 6) is 1.08. The number of rotatable bonds is 4. The number of nitrogens with zero attached hydrogens (tertiary/aromatic N) is 5. The smallest absolute Gasteiger partial charge is 0.193 e. The van der Waals surface area contributed by atoms with E-state index in [-0.39, 0.29) is 24.0 Å². The summed E-state index contributed by atoms with van der Waals surface area (Å²) in [6.07, 6.45) is 0. The minimum Gasteiger partial charge on any atom is -0.355 e. The van der Waals surface area contributed by atoms with Crippen LogP contribution < -0.4 is 5.32 Å². The number of aliphatic imine (C=N–C) groups is 1. The SMILES string of the molecule is CN=C(NCC1CN2CCN1CC2)N1CCN(Cc2cccs2)CC1.I. The molecule has 146 valence electrons. The lowest BCUT2D eigenvalue weighted by Gasteiger charge is -2.47. The van der Waals surface area contributed by atoms with Crippen LogP contribution in [-0.4, -0.2) is 104 Å². The van der Waals surface area contributed by atoms with Gasteiger partial charge in [0.2, 0.25) is 0 Å². The quantitative estimate of drug-likeness (QED) is 0.388. The molecule has 1 aromatic rings. The summed E-state index contributed by atoms with van der Waals surface area (Å²) in [6.45, 7) is 12.6. The molecule has 5 rings (SSSR count). The lowest BCUT2D eigenvalue weighted by atomic mass is 10.1. The van der Waals surface area contributed by atoms with Gasteiger partial charge in [0.05, 0.1) is 0 Å². The minimum absolute atomic E-state index is 0. The van der Waals surface area contributed by atoms with Gasteiger partial charge in [0.15, 0.2) is 5.96 Å². The van der Waals surface area contributed by atoms with E-state index in [1.54, 1.807) is 0 Å². The molecule has 5 heterocycles. The number of halogens is 1. The van der Waals surface area contributed by atoms with Crippen LogP contribution in [0.2, 0.25) is 0 Å². The second-order valence-electron chi connectivity index (χ2n) is 7.26. The monoisotopic (exact) mass is 490 g/mol. The summed E-state index contributed by atoms with van der Waals surface area (Å²) < 4.78 is 0. The molecule has 1 N–H and O–H groups in total. The number of nitrogens with one attached hydrogen (secondary N) is 1. The number of piperazine rings is 4. The number of guanidine groups is 1. The average molecular weight is 490 g/mol. The zero-order valence-corrected chi connectivity index (χ0v) is 18.8. The first-order valence-electron chi connectivity index (χ1n) is 9.48. The lowest BCUT2D eigenvalue weighted by Crippen LogP contribution is -2.64. The van der Waals surface area contributed by atoms with Gasteiger partial charge < -0.3 is 10.2 Å². The van der Waals surface area contributed by atoms with Gasteiger partial charge in [-0.2, -0.15) is 0 Å². The van der Waals surface area contributed by atoms with Crippen LogP contribution in [0.1, 0.15) is 4.88 Å². The van der Waals surface area contributed by atoms with Crippen molar-refractivity contribution in [3.05, 3.63) is 22.4 Å². The van der Waals surface area contributed by atoms with Crippen LogP contribution in [0.4, 0.5) is 0 Å². The molecule has 1 unspecified atom stereocenters. The van der Waals surface area contributed by atoms with Crippen LogP contribution in [0.3, 0.4) is 0 Å². The van der Waals surface area contributed by atoms with E-state index >= 15 is 0 Å². The standard InChI is InChI=1S/C18H30N6S.HI/c1-19-18(20-13-16-14-21-4-8-23(16)9-5-21)24-10-6-22(7-11-24)15-17-3-2-12-25-17;/h2-3,12,16H,4-11,13-15H2,1H3,(H,19,20);1H. The van der Waals surface area contributed by atoms with Crippen molar-refractivity contribution in [3.63, 3.8) is 0 Å². The molecular weight excluding hydrogens is 459 g/mol. The summed E-state index contributed by atoms with van der Waals surface area (Å²) in [7, 11) is 1.91. The summed E-state index contributed by atoms with van der Waals surface area (Å²) >= 11 is 1.86. The van der Waals surface area contributed by atoms with E-state index in [1.165, 1.54) is 37.6 Å². The van der Waals surface area contributed by atoms with E-state index in [9.17, 15) is 0 Å². The van der Waals surface area contributed by atoms with Crippen molar-refractivity contribution in [2.75, 3.05) is 72.5 Å². The molecule has 6 nitrogen and oxygen atoms in total. The van der Waals surface area contributed by atoms with E-state index in [4.69, 9.17) is 0 Å². The summed E-state index contributed by atoms with van der Waals surface area (Å²) in [6, 6.07) is 5.02. The van der Waals surface area contributed by atoms with Crippen molar-refractivity contribution in [1.82, 2.24) is 24.9 Å². The molecule has 4 aliphatic rings. The second kappa shape index (κ2) is 9.68. The van der Waals surface area contributed by atoms with Crippen molar-refractivity contribution in [2.45, 2.75) is 12.6 Å². The fourth-order valence-electron chi connectivity index (χ4n) is 4.20. The molecule has 0 radical (unpaired) electrons. The minimum atomic E-state index is 0. The number of fused-ring (bicyclic) bond motifs is 3. The number of hydrogen-bond acceptors (Lipinski definition) is 5. The van der Waals surface area contributed by atoms with Crippen LogP contribution in [-0.2, 0) is 6.54 Å². The van der Waals surface area contributed by atoms with E-state index in [0.29, 0.717) is 6.04 Å². The fraction of sp³-hybridized carbons (Fsp3) is 0.722. The van der Waals surface area contributed by atoms with E-state index in [0.717, 1.165) is 45.2 Å². The number of hydrogen-bond donors (Lipinski definition) is 1. The predicted octanol–water partition coefficient (Wildman–Crippen LogP) is 1.06. The normalized spacial score (nSPS) is 29.5. The highest BCUT2D eigenvalue weighted by molar-refractivity contribution is 14.0. The highest BCUT2D eigenvalue weighted by atomic mass is 127. The van der Waals surface area contributed by atoms with Gasteiger partial charge in [-0.15, -0.1) is 35.3 Å². The molecule has 1 aromatic heterocycles. The largest absolute Gasteiger partial charge is 0.355 e. The Hall–Kier alpha value is -0.420. The highest BCUT2D eigenvalue weighted by Gasteiger charge is 2.32. The molecule has 0 saturated carbocycles. The van der Waals surface area contributed by atoms with Crippen molar-refractivity contribution in [2.24, 2.45) is 4.99 Å². The first kappa shape index (κ1) is 20.3. The van der Waals surface area contributed by atoms with Gasteiger partial charge in [0, 0.05) is 90.0 Å². The first-order chi connectivity index (χ1) is 12.3. The average Bonchev–Trinajstić information content (AvgIpc) is 3.17. The van der Waals surface area contributed by atoms with Crippen LogP contribution in [0, 0.1) is 0 Å². The van der Waals surface area contributed by atoms with Gasteiger partial charge in [0.25, 0.3) is 0 Å². The molecule has 4 fully saturated rings. The first-order valence-corrected chi connectivity index (χ1v) is 10.4. The maximum atomic E-state index is 4.54. The Labute approximate surface area is 178 Å². The zero-order chi connectivity index (χ0) is 17.1. The van der Waals surface area contributed by atoms with Crippen LogP contribution in [0.25, 0.3) is 0 Å². The molecule has 4 aliphatic heterocycles. The molecule has 1 atom stereocenters. The second-order valence-corrected chi connectivity index (χ2v) is 8.29. The Bertz CT molecular complexity index is 564. The molecular formula is C18H31IN6S. The van der Waals surface area contributed by atoms with Crippen molar-refractivity contribution in [3.8, 4) is 0 Å². The third-order valence-corrected chi connectivity index (χ3v) is 6.59. The predicted molar refractivity (Wildman–Crippen MR) is 120 cm³/mol. The maximum Gasteiger partial charge on any atom is 0.193 e. The van der Waals surface area contributed by atoms with Crippen LogP contribution in [0.5, 0.6) is 0 Å². The topological polar surface area (TPSA) is 37.4 Å². The van der Waals surface area contributed by atoms with Crippen molar-refractivity contribution in [1.29, 1.82) is 0 Å². The highest BCUT2D eigenvalue weighted by Crippen LogP contribution is 2.16. The van der Waals surface area contributed by atoms with Gasteiger partial charge >= 0.3 is 0 Å². The molecule has 0 amide bonds. The van der Waals surface area contributed by atoms with Crippen molar-refractivity contribution >= 4 is 41.3 Å². The Morgan fingerprint density at radius 3 is 2.50 bits per heavy atom. The van der Waals surface area contributed by atoms with Crippen LogP contribution in [0.15, 0.2) is 22.5 Å². The van der Waals surface area contributed by atoms with Crippen molar-refractivity contribution < 1.29 is 0 Å². The Kier molecular flexibility index (Phi) is 7.56. The summed E-state index contributed by atoms with van der Waals surface area (Å²) in [5.41, 5.74) is 0. The number of thiophene rings is 1. The Balaban J connectivity index is 0.00000196. The van der Waals surface area contributed by atoms with Crippen LogP contribution >= 0.6 is 35.3 Å². The molecule has 0 spiro atoms. The van der Waals surface area contributed by atoms with E-state index < -0.39 is 0 Å². The Morgan fingerprint density at radius 2 is 1.92 bits per heavy atom. The summed E-state index contributed by atoms with van der Waals surface area (Å²) in [5, 5.41) is 5.81. The van der Waals surface area contributed by atoms with Gasteiger partial charge in [-0.05, 0) is 11.4 Å². The van der Waals surface area contributed by atoms with Gasteiger partial charge in [-0.3, -0.25) is 19.7 Å². The summed E-state index contributed by atoms with van der Waals surface area (Å²) in [4.78, 5) is 16.2. The molecule has 2 bridgehead atoms. The fourth-order valence-corrected chi connectivity index (χ4v) is 4.95. The third kappa shape index (κ3) is 4.89. The molecule has 26 heavy (non-hydrogen) atoms. The third-order valence-electron chi connectivity index (χ3n) is 5.73. The molecule has 8 heteroatoms. The lowest BCUT2D eigenvalue weighted by molar-refractivity contribution is 0.0151. The van der Waals surface area contributed by atoms with Gasteiger partial charge in [0.1, 0.15) is 0 Å². The Morgan fingerprint density at radius 1 is 1.15 bits per heavy atom. The maximum absolute atomic E-state index is 4.54.